The molecular weight excluding hydrogens is 434 g/mol. The van der Waals surface area contributed by atoms with Crippen molar-refractivity contribution < 1.29 is 9.59 Å². The van der Waals surface area contributed by atoms with Crippen molar-refractivity contribution in [2.45, 2.75) is 25.4 Å². The topological polar surface area (TPSA) is 167 Å². The number of urea groups is 1. The first kappa shape index (κ1) is 21.4. The molecule has 174 valence electrons. The van der Waals surface area contributed by atoms with Crippen molar-refractivity contribution in [2.75, 3.05) is 13.1 Å². The smallest absolute Gasteiger partial charge is 0.315 e. The highest BCUT2D eigenvalue weighted by molar-refractivity contribution is 5.97. The summed E-state index contributed by atoms with van der Waals surface area (Å²) >= 11 is 0. The van der Waals surface area contributed by atoms with Crippen LogP contribution in [0.3, 0.4) is 0 Å². The molecular formula is C23H25N9O2. The molecule has 0 aliphatic carbocycles. The molecule has 1 aliphatic rings. The van der Waals surface area contributed by atoms with Gasteiger partial charge in [0.15, 0.2) is 0 Å². The Kier molecular flexibility index (Phi) is 5.58. The van der Waals surface area contributed by atoms with Crippen LogP contribution < -0.4 is 21.7 Å². The molecule has 3 heterocycles. The summed E-state index contributed by atoms with van der Waals surface area (Å²) in [6.45, 7) is 1.43. The Hall–Kier alpha value is -4.41. The summed E-state index contributed by atoms with van der Waals surface area (Å²) < 4.78 is 2.09. The van der Waals surface area contributed by atoms with Gasteiger partial charge in [0.2, 0.25) is 5.91 Å². The number of carbonyl (C=O) groups excluding carboxylic acids is 2. The standard InChI is InChI=1S/C23H25N9O2/c24-22(25)13-5-6-15-17(9-13)30-19(29-15)11-20-31-16-3-1-2-4-18(16)32(20)8-7-26-21(33)10-14-12-27-23(34)28-14/h1-6,9,14H,7-8,10-12H2,(H3,24,25)(H,26,33)(H,29,30)(H2,27,28,34). The van der Waals surface area contributed by atoms with Gasteiger partial charge in [0.05, 0.1) is 34.5 Å². The number of nitrogen functional groups attached to an aromatic ring is 1. The summed E-state index contributed by atoms with van der Waals surface area (Å²) in [7, 11) is 0. The average Bonchev–Trinajstić information content (AvgIpc) is 3.50. The van der Waals surface area contributed by atoms with Gasteiger partial charge in [0.1, 0.15) is 17.5 Å². The second-order valence-electron chi connectivity index (χ2n) is 8.28. The second kappa shape index (κ2) is 8.85. The van der Waals surface area contributed by atoms with E-state index in [-0.39, 0.29) is 30.2 Å². The number of aromatic amines is 1. The van der Waals surface area contributed by atoms with Gasteiger partial charge in [0.25, 0.3) is 0 Å². The molecule has 34 heavy (non-hydrogen) atoms. The van der Waals surface area contributed by atoms with Crippen LogP contribution in [0, 0.1) is 5.41 Å². The first-order chi connectivity index (χ1) is 16.5. The summed E-state index contributed by atoms with van der Waals surface area (Å²) in [4.78, 5) is 36.3. The number of para-hydroxylation sites is 2. The lowest BCUT2D eigenvalue weighted by Gasteiger charge is -2.12. The number of amidine groups is 1. The number of rotatable bonds is 8. The molecule has 2 aromatic heterocycles. The Labute approximate surface area is 194 Å². The number of hydrogen-bond acceptors (Lipinski definition) is 5. The van der Waals surface area contributed by atoms with Crippen LogP contribution in [0.15, 0.2) is 42.5 Å². The minimum absolute atomic E-state index is 0.00784. The molecule has 0 bridgehead atoms. The van der Waals surface area contributed by atoms with E-state index in [4.69, 9.17) is 16.1 Å². The predicted molar refractivity (Wildman–Crippen MR) is 128 cm³/mol. The van der Waals surface area contributed by atoms with Crippen LogP contribution in [0.25, 0.3) is 22.1 Å². The largest absolute Gasteiger partial charge is 0.384 e. The SMILES string of the molecule is N=C(N)c1ccc2nc(Cc3nc4ccccc4n3CCNC(=O)CC3CNC(=O)N3)[nH]c2c1. The van der Waals surface area contributed by atoms with Gasteiger partial charge in [-0.1, -0.05) is 12.1 Å². The molecule has 5 rings (SSSR count). The van der Waals surface area contributed by atoms with E-state index >= 15 is 0 Å². The van der Waals surface area contributed by atoms with Crippen LogP contribution in [0.1, 0.15) is 23.6 Å². The van der Waals surface area contributed by atoms with E-state index in [1.165, 1.54) is 0 Å². The minimum Gasteiger partial charge on any atom is -0.384 e. The molecule has 2 aromatic carbocycles. The van der Waals surface area contributed by atoms with Crippen LogP contribution in [0.2, 0.25) is 0 Å². The van der Waals surface area contributed by atoms with E-state index in [1.807, 2.05) is 36.4 Å². The summed E-state index contributed by atoms with van der Waals surface area (Å²) in [5.41, 5.74) is 9.70. The van der Waals surface area contributed by atoms with E-state index in [0.29, 0.717) is 31.6 Å². The van der Waals surface area contributed by atoms with Crippen molar-refractivity contribution in [3.8, 4) is 0 Å². The van der Waals surface area contributed by atoms with Crippen LogP contribution in [-0.2, 0) is 17.8 Å². The van der Waals surface area contributed by atoms with Crippen LogP contribution in [0.5, 0.6) is 0 Å². The van der Waals surface area contributed by atoms with Gasteiger partial charge in [-0.15, -0.1) is 0 Å². The van der Waals surface area contributed by atoms with Crippen LogP contribution >= 0.6 is 0 Å². The number of amides is 3. The zero-order valence-electron chi connectivity index (χ0n) is 18.4. The molecule has 1 fully saturated rings. The Bertz CT molecular complexity index is 1400. The summed E-state index contributed by atoms with van der Waals surface area (Å²) in [6.07, 6.45) is 0.712. The summed E-state index contributed by atoms with van der Waals surface area (Å²) in [5.74, 6) is 1.47. The van der Waals surface area contributed by atoms with Crippen LogP contribution in [0.4, 0.5) is 4.79 Å². The van der Waals surface area contributed by atoms with Gasteiger partial charge in [0, 0.05) is 31.6 Å². The van der Waals surface area contributed by atoms with Crippen molar-refractivity contribution >= 4 is 39.8 Å². The zero-order chi connectivity index (χ0) is 23.7. The maximum Gasteiger partial charge on any atom is 0.315 e. The first-order valence-electron chi connectivity index (χ1n) is 11.0. The third-order valence-electron chi connectivity index (χ3n) is 5.83. The average molecular weight is 460 g/mol. The van der Waals surface area contributed by atoms with Gasteiger partial charge < -0.3 is 31.2 Å². The second-order valence-corrected chi connectivity index (χ2v) is 8.28. The van der Waals surface area contributed by atoms with E-state index < -0.39 is 0 Å². The fourth-order valence-corrected chi connectivity index (χ4v) is 4.20. The van der Waals surface area contributed by atoms with Crippen molar-refractivity contribution in [3.63, 3.8) is 0 Å². The fraction of sp³-hybridized carbons (Fsp3) is 0.261. The van der Waals surface area contributed by atoms with Crippen LogP contribution in [-0.4, -0.2) is 56.4 Å². The molecule has 0 saturated carbocycles. The van der Waals surface area contributed by atoms with Gasteiger partial charge in [-0.2, -0.15) is 0 Å². The number of aromatic nitrogens is 4. The first-order valence-corrected chi connectivity index (χ1v) is 11.0. The molecule has 4 aromatic rings. The van der Waals surface area contributed by atoms with Gasteiger partial charge >= 0.3 is 6.03 Å². The molecule has 11 nitrogen and oxygen atoms in total. The number of fused-ring (bicyclic) bond motifs is 2. The number of imidazole rings is 2. The zero-order valence-corrected chi connectivity index (χ0v) is 18.4. The molecule has 1 atom stereocenters. The molecule has 7 N–H and O–H groups in total. The number of benzene rings is 2. The molecule has 1 saturated heterocycles. The number of nitrogens with zero attached hydrogens (tertiary/aromatic N) is 3. The highest BCUT2D eigenvalue weighted by atomic mass is 16.2. The third-order valence-corrected chi connectivity index (χ3v) is 5.83. The van der Waals surface area contributed by atoms with E-state index in [2.05, 4.69) is 30.5 Å². The summed E-state index contributed by atoms with van der Waals surface area (Å²) in [5, 5.41) is 15.9. The molecule has 1 aliphatic heterocycles. The van der Waals surface area contributed by atoms with Gasteiger partial charge in [-0.25, -0.2) is 14.8 Å². The number of nitrogens with two attached hydrogens (primary N) is 1. The van der Waals surface area contributed by atoms with E-state index in [9.17, 15) is 9.59 Å². The Morgan fingerprint density at radius 2 is 2.06 bits per heavy atom. The number of nitrogens with one attached hydrogen (secondary N) is 5. The quantitative estimate of drug-likeness (QED) is 0.170. The summed E-state index contributed by atoms with van der Waals surface area (Å²) in [6, 6.07) is 12.9. The predicted octanol–water partition coefficient (Wildman–Crippen LogP) is 0.975. The maximum atomic E-state index is 12.3. The lowest BCUT2D eigenvalue weighted by atomic mass is 10.2. The minimum atomic E-state index is -0.240. The van der Waals surface area contributed by atoms with Crippen molar-refractivity contribution in [3.05, 3.63) is 59.7 Å². The molecule has 0 radical (unpaired) electrons. The normalized spacial score (nSPS) is 15.4. The Balaban J connectivity index is 1.32. The molecule has 0 spiro atoms. The fourth-order valence-electron chi connectivity index (χ4n) is 4.20. The Morgan fingerprint density at radius 1 is 1.21 bits per heavy atom. The number of carbonyl (C=O) groups is 2. The lowest BCUT2D eigenvalue weighted by molar-refractivity contribution is -0.121. The molecule has 11 heteroatoms. The highest BCUT2D eigenvalue weighted by Gasteiger charge is 2.22. The van der Waals surface area contributed by atoms with Crippen molar-refractivity contribution in [2.24, 2.45) is 5.73 Å². The molecule has 3 amide bonds. The van der Waals surface area contributed by atoms with E-state index in [1.54, 1.807) is 6.07 Å². The number of H-pyrrole nitrogens is 1. The third kappa shape index (κ3) is 4.40. The van der Waals surface area contributed by atoms with Crippen molar-refractivity contribution in [1.82, 2.24) is 35.5 Å². The van der Waals surface area contributed by atoms with Crippen molar-refractivity contribution in [1.29, 1.82) is 5.41 Å². The monoisotopic (exact) mass is 459 g/mol. The van der Waals surface area contributed by atoms with Gasteiger partial charge in [-0.05, 0) is 30.3 Å². The Morgan fingerprint density at radius 3 is 2.85 bits per heavy atom. The number of hydrogen-bond donors (Lipinski definition) is 6. The molecule has 1 unspecified atom stereocenters. The highest BCUT2D eigenvalue weighted by Crippen LogP contribution is 2.20. The van der Waals surface area contributed by atoms with Gasteiger partial charge in [-0.3, -0.25) is 10.2 Å². The maximum absolute atomic E-state index is 12.3. The lowest BCUT2D eigenvalue weighted by Crippen LogP contribution is -2.35. The van der Waals surface area contributed by atoms with E-state index in [0.717, 1.165) is 33.7 Å².